The van der Waals surface area contributed by atoms with Crippen molar-refractivity contribution in [2.45, 2.75) is 19.3 Å². The number of hydrogen-bond donors (Lipinski definition) is 3. The summed E-state index contributed by atoms with van der Waals surface area (Å²) in [6.45, 7) is 4.14. The van der Waals surface area contributed by atoms with Crippen molar-refractivity contribution in [1.29, 1.82) is 0 Å². The van der Waals surface area contributed by atoms with Gasteiger partial charge in [-0.15, -0.1) is 0 Å². The lowest BCUT2D eigenvalue weighted by molar-refractivity contribution is 0.255. The average molecular weight is 300 g/mol. The van der Waals surface area contributed by atoms with E-state index in [2.05, 4.69) is 13.8 Å². The number of ether oxygens (including phenoxy) is 1. The molecule has 4 nitrogen and oxygen atoms in total. The smallest absolute Gasteiger partial charge is 0.164 e. The molecule has 2 aromatic carbocycles. The highest BCUT2D eigenvalue weighted by molar-refractivity contribution is 5.41. The Labute approximate surface area is 129 Å². The van der Waals surface area contributed by atoms with Crippen LogP contribution in [0, 0.1) is 0 Å². The minimum absolute atomic E-state index is 0.0722. The van der Waals surface area contributed by atoms with Gasteiger partial charge in [-0.25, -0.2) is 0 Å². The second kappa shape index (κ2) is 6.43. The van der Waals surface area contributed by atoms with Crippen LogP contribution in [0.3, 0.4) is 0 Å². The summed E-state index contributed by atoms with van der Waals surface area (Å²) in [6, 6.07) is 14.7. The largest absolute Gasteiger partial charge is 0.512 e. The van der Waals surface area contributed by atoms with Crippen molar-refractivity contribution in [3.05, 3.63) is 71.7 Å². The molecule has 0 bridgehead atoms. The molecule has 0 saturated carbocycles. The average Bonchev–Trinajstić information content (AvgIpc) is 2.53. The first-order chi connectivity index (χ1) is 10.4. The van der Waals surface area contributed by atoms with Crippen LogP contribution in [-0.4, -0.2) is 21.9 Å². The molecule has 4 heteroatoms. The molecule has 0 spiro atoms. The molecule has 116 valence electrons. The Hall–Kier alpha value is -2.62. The highest BCUT2D eigenvalue weighted by Gasteiger charge is 2.22. The molecule has 0 amide bonds. The molecule has 3 N–H and O–H groups in total. The van der Waals surface area contributed by atoms with Gasteiger partial charge in [-0.2, -0.15) is 0 Å². The summed E-state index contributed by atoms with van der Waals surface area (Å²) in [5.41, 5.74) is 1.99. The minimum atomic E-state index is -0.228. The highest BCUT2D eigenvalue weighted by atomic mass is 16.5. The molecule has 0 unspecified atom stereocenters. The molecular weight excluding hydrogens is 280 g/mol. The monoisotopic (exact) mass is 300 g/mol. The quantitative estimate of drug-likeness (QED) is 0.728. The van der Waals surface area contributed by atoms with Crippen LogP contribution in [0.5, 0.6) is 11.5 Å². The zero-order valence-corrected chi connectivity index (χ0v) is 12.7. The van der Waals surface area contributed by atoms with Crippen LogP contribution in [0.2, 0.25) is 0 Å². The maximum Gasteiger partial charge on any atom is 0.164 e. The van der Waals surface area contributed by atoms with Crippen LogP contribution in [0.25, 0.3) is 0 Å². The second-order valence-electron chi connectivity index (χ2n) is 5.61. The topological polar surface area (TPSA) is 69.9 Å². The van der Waals surface area contributed by atoms with Crippen LogP contribution in [0.1, 0.15) is 25.0 Å². The molecule has 22 heavy (non-hydrogen) atoms. The van der Waals surface area contributed by atoms with Gasteiger partial charge >= 0.3 is 0 Å². The van der Waals surface area contributed by atoms with E-state index < -0.39 is 0 Å². The summed E-state index contributed by atoms with van der Waals surface area (Å²) in [4.78, 5) is 0. The molecule has 0 aliphatic heterocycles. The third-order valence-electron chi connectivity index (χ3n) is 3.70. The predicted octanol–water partition coefficient (Wildman–Crippen LogP) is 4.05. The van der Waals surface area contributed by atoms with Gasteiger partial charge < -0.3 is 20.1 Å². The van der Waals surface area contributed by atoms with Gasteiger partial charge in [0.2, 0.25) is 0 Å². The Bertz CT molecular complexity index is 640. The summed E-state index contributed by atoms with van der Waals surface area (Å²) >= 11 is 0. The normalized spacial score (nSPS) is 12.2. The molecule has 2 aromatic rings. The van der Waals surface area contributed by atoms with Crippen LogP contribution < -0.4 is 4.74 Å². The standard InChI is InChI=1S/C18H20O4/c1-18(2,13-3-7-15(20)8-4-13)14-5-9-17(10-6-14)22-12-16(21)11-19/h3-11,19-21H,12H2,1-2H3/b16-11-. The summed E-state index contributed by atoms with van der Waals surface area (Å²) < 4.78 is 5.34. The summed E-state index contributed by atoms with van der Waals surface area (Å²) in [7, 11) is 0. The van der Waals surface area contributed by atoms with Crippen molar-refractivity contribution >= 4 is 0 Å². The van der Waals surface area contributed by atoms with E-state index in [4.69, 9.17) is 14.9 Å². The molecule has 0 saturated heterocycles. The van der Waals surface area contributed by atoms with E-state index in [9.17, 15) is 5.11 Å². The molecule has 0 radical (unpaired) electrons. The van der Waals surface area contributed by atoms with Gasteiger partial charge in [0.05, 0.1) is 0 Å². The molecule has 0 aliphatic carbocycles. The van der Waals surface area contributed by atoms with Gasteiger partial charge in [-0.3, -0.25) is 0 Å². The number of phenols is 1. The van der Waals surface area contributed by atoms with Crippen molar-refractivity contribution in [3.63, 3.8) is 0 Å². The Morgan fingerprint density at radius 3 is 2.00 bits per heavy atom. The lowest BCUT2D eigenvalue weighted by atomic mass is 9.78. The SMILES string of the molecule is CC(C)(c1ccc(O)cc1)c1ccc(OC/C(O)=C/O)cc1. The van der Waals surface area contributed by atoms with Crippen LogP contribution in [0.15, 0.2) is 60.6 Å². The maximum absolute atomic E-state index is 9.39. The lowest BCUT2D eigenvalue weighted by Gasteiger charge is -2.26. The Kier molecular flexibility index (Phi) is 4.61. The Balaban J connectivity index is 2.16. The summed E-state index contributed by atoms with van der Waals surface area (Å²) in [5, 5.41) is 27.1. The summed E-state index contributed by atoms with van der Waals surface area (Å²) in [6.07, 6.45) is 0.613. The third kappa shape index (κ3) is 3.52. The molecular formula is C18H20O4. The van der Waals surface area contributed by atoms with Gasteiger partial charge in [0, 0.05) is 5.41 Å². The van der Waals surface area contributed by atoms with E-state index in [0.717, 1.165) is 11.1 Å². The van der Waals surface area contributed by atoms with Crippen LogP contribution >= 0.6 is 0 Å². The first-order valence-corrected chi connectivity index (χ1v) is 6.98. The van der Waals surface area contributed by atoms with E-state index >= 15 is 0 Å². The molecule has 0 aliphatic rings. The molecule has 0 atom stereocenters. The van der Waals surface area contributed by atoms with Crippen molar-refractivity contribution in [2.75, 3.05) is 6.61 Å². The van der Waals surface area contributed by atoms with Gasteiger partial charge in [0.1, 0.15) is 24.4 Å². The molecule has 0 fully saturated rings. The Morgan fingerprint density at radius 2 is 1.50 bits per heavy atom. The van der Waals surface area contributed by atoms with Crippen molar-refractivity contribution in [3.8, 4) is 11.5 Å². The van der Waals surface area contributed by atoms with E-state index in [-0.39, 0.29) is 23.5 Å². The van der Waals surface area contributed by atoms with Gasteiger partial charge in [0.25, 0.3) is 0 Å². The van der Waals surface area contributed by atoms with Crippen molar-refractivity contribution < 1.29 is 20.1 Å². The molecule has 0 heterocycles. The van der Waals surface area contributed by atoms with Crippen LogP contribution in [-0.2, 0) is 5.41 Å². The van der Waals surface area contributed by atoms with E-state index in [1.807, 2.05) is 36.4 Å². The summed E-state index contributed by atoms with van der Waals surface area (Å²) in [5.74, 6) is 0.632. The first kappa shape index (κ1) is 15.8. The lowest BCUT2D eigenvalue weighted by Crippen LogP contribution is -2.18. The van der Waals surface area contributed by atoms with Gasteiger partial charge in [0.15, 0.2) is 5.76 Å². The van der Waals surface area contributed by atoms with Crippen LogP contribution in [0.4, 0.5) is 0 Å². The Morgan fingerprint density at radius 1 is 1.00 bits per heavy atom. The number of phenolic OH excluding ortho intramolecular Hbond substituents is 1. The number of aliphatic hydroxyl groups excluding tert-OH is 2. The predicted molar refractivity (Wildman–Crippen MR) is 85.5 cm³/mol. The number of aliphatic hydroxyl groups is 2. The van der Waals surface area contributed by atoms with E-state index in [1.165, 1.54) is 0 Å². The number of hydrogen-bond acceptors (Lipinski definition) is 4. The van der Waals surface area contributed by atoms with Gasteiger partial charge in [-0.1, -0.05) is 38.1 Å². The number of aromatic hydroxyl groups is 1. The fourth-order valence-electron chi connectivity index (χ4n) is 2.21. The van der Waals surface area contributed by atoms with Crippen molar-refractivity contribution in [1.82, 2.24) is 0 Å². The molecule has 0 aromatic heterocycles. The number of benzene rings is 2. The molecule has 2 rings (SSSR count). The fraction of sp³-hybridized carbons (Fsp3) is 0.222. The van der Waals surface area contributed by atoms with Crippen molar-refractivity contribution in [2.24, 2.45) is 0 Å². The van der Waals surface area contributed by atoms with E-state index in [1.54, 1.807) is 12.1 Å². The van der Waals surface area contributed by atoms with Gasteiger partial charge in [-0.05, 0) is 35.4 Å². The first-order valence-electron chi connectivity index (χ1n) is 6.98. The zero-order valence-electron chi connectivity index (χ0n) is 12.7. The zero-order chi connectivity index (χ0) is 16.2. The number of rotatable bonds is 5. The highest BCUT2D eigenvalue weighted by Crippen LogP contribution is 2.33. The fourth-order valence-corrected chi connectivity index (χ4v) is 2.21. The minimum Gasteiger partial charge on any atom is -0.512 e. The van der Waals surface area contributed by atoms with E-state index in [0.29, 0.717) is 12.0 Å². The maximum atomic E-state index is 9.39. The third-order valence-corrected chi connectivity index (χ3v) is 3.70. The second-order valence-corrected chi connectivity index (χ2v) is 5.61.